The van der Waals surface area contributed by atoms with Crippen molar-refractivity contribution in [1.82, 2.24) is 4.90 Å². The highest BCUT2D eigenvalue weighted by Crippen LogP contribution is 2.32. The van der Waals surface area contributed by atoms with Crippen LogP contribution in [0, 0.1) is 11.8 Å². The Morgan fingerprint density at radius 2 is 1.89 bits per heavy atom. The molecule has 0 radical (unpaired) electrons. The topological polar surface area (TPSA) is 46.6 Å². The van der Waals surface area contributed by atoms with Crippen LogP contribution in [0.25, 0.3) is 0 Å². The second-order valence-electron chi connectivity index (χ2n) is 5.05. The van der Waals surface area contributed by atoms with E-state index in [1.807, 2.05) is 44.2 Å². The van der Waals surface area contributed by atoms with Crippen LogP contribution in [0.3, 0.4) is 0 Å². The van der Waals surface area contributed by atoms with E-state index in [2.05, 4.69) is 0 Å². The molecular weight excluding hydrogens is 242 g/mol. The third kappa shape index (κ3) is 2.48. The Bertz CT molecular complexity index is 472. The number of ether oxygens (including phenoxy) is 1. The van der Waals surface area contributed by atoms with Crippen LogP contribution in [-0.4, -0.2) is 29.9 Å². The normalized spacial score (nSPS) is 26.6. The third-order valence-electron chi connectivity index (χ3n) is 3.98. The fraction of sp³-hybridized carbons (Fsp3) is 0.467. The van der Waals surface area contributed by atoms with E-state index < -0.39 is 11.9 Å². The zero-order chi connectivity index (χ0) is 14.0. The molecule has 1 aliphatic rings. The van der Waals surface area contributed by atoms with E-state index in [0.29, 0.717) is 6.54 Å². The molecular formula is C15H19NO3. The molecule has 2 rings (SSSR count). The predicted octanol–water partition coefficient (Wildman–Crippen LogP) is 1.84. The van der Waals surface area contributed by atoms with Gasteiger partial charge in [0.15, 0.2) is 0 Å². The number of esters is 1. The molecule has 0 N–H and O–H groups in total. The maximum absolute atomic E-state index is 12.4. The highest BCUT2D eigenvalue weighted by atomic mass is 16.5. The SMILES string of the molecule is COC(=O)[C@@H]1C(=O)N(Cc2ccccc2)[C@@H](C)[C@H]1C. The van der Waals surface area contributed by atoms with Gasteiger partial charge in [-0.2, -0.15) is 0 Å². The Kier molecular flexibility index (Phi) is 3.88. The quantitative estimate of drug-likeness (QED) is 0.616. The van der Waals surface area contributed by atoms with Crippen molar-refractivity contribution in [2.75, 3.05) is 7.11 Å². The molecule has 0 spiro atoms. The van der Waals surface area contributed by atoms with Gasteiger partial charge >= 0.3 is 5.97 Å². The van der Waals surface area contributed by atoms with Gasteiger partial charge in [0.1, 0.15) is 5.92 Å². The molecule has 0 bridgehead atoms. The second kappa shape index (κ2) is 5.43. The lowest BCUT2D eigenvalue weighted by Gasteiger charge is -2.23. The van der Waals surface area contributed by atoms with E-state index in [4.69, 9.17) is 4.74 Å². The largest absolute Gasteiger partial charge is 0.468 e. The lowest BCUT2D eigenvalue weighted by Crippen LogP contribution is -2.33. The van der Waals surface area contributed by atoms with Gasteiger partial charge in [-0.15, -0.1) is 0 Å². The number of carbonyl (C=O) groups is 2. The summed E-state index contributed by atoms with van der Waals surface area (Å²) < 4.78 is 4.74. The summed E-state index contributed by atoms with van der Waals surface area (Å²) in [5.41, 5.74) is 1.07. The summed E-state index contributed by atoms with van der Waals surface area (Å²) in [7, 11) is 1.33. The molecule has 0 aliphatic carbocycles. The Morgan fingerprint density at radius 1 is 1.26 bits per heavy atom. The van der Waals surface area contributed by atoms with Crippen LogP contribution in [0.15, 0.2) is 30.3 Å². The first-order valence-corrected chi connectivity index (χ1v) is 6.48. The van der Waals surface area contributed by atoms with Crippen LogP contribution < -0.4 is 0 Å². The Labute approximate surface area is 113 Å². The number of methoxy groups -OCH3 is 1. The zero-order valence-corrected chi connectivity index (χ0v) is 11.5. The van der Waals surface area contributed by atoms with Gasteiger partial charge in [0.05, 0.1) is 7.11 Å². The summed E-state index contributed by atoms with van der Waals surface area (Å²) >= 11 is 0. The summed E-state index contributed by atoms with van der Waals surface area (Å²) in [5, 5.41) is 0. The van der Waals surface area contributed by atoms with Crippen LogP contribution in [-0.2, 0) is 20.9 Å². The average Bonchev–Trinajstić information content (AvgIpc) is 2.63. The van der Waals surface area contributed by atoms with Crippen molar-refractivity contribution >= 4 is 11.9 Å². The summed E-state index contributed by atoms with van der Waals surface area (Å²) in [5.74, 6) is -1.25. The number of carbonyl (C=O) groups excluding carboxylic acids is 2. The van der Waals surface area contributed by atoms with E-state index in [-0.39, 0.29) is 17.9 Å². The number of benzene rings is 1. The van der Waals surface area contributed by atoms with Crippen LogP contribution in [0.1, 0.15) is 19.4 Å². The number of amides is 1. The van der Waals surface area contributed by atoms with Crippen molar-refractivity contribution in [3.05, 3.63) is 35.9 Å². The van der Waals surface area contributed by atoms with Gasteiger partial charge < -0.3 is 9.64 Å². The zero-order valence-electron chi connectivity index (χ0n) is 11.5. The van der Waals surface area contributed by atoms with Gasteiger partial charge in [0, 0.05) is 12.6 Å². The van der Waals surface area contributed by atoms with Gasteiger partial charge in [-0.25, -0.2) is 0 Å². The molecule has 102 valence electrons. The van der Waals surface area contributed by atoms with Crippen molar-refractivity contribution in [3.63, 3.8) is 0 Å². The van der Waals surface area contributed by atoms with E-state index in [0.717, 1.165) is 5.56 Å². The second-order valence-corrected chi connectivity index (χ2v) is 5.05. The molecule has 1 aromatic rings. The van der Waals surface area contributed by atoms with Crippen LogP contribution in [0.2, 0.25) is 0 Å². The summed E-state index contributed by atoms with van der Waals surface area (Å²) in [6.45, 7) is 4.45. The first-order valence-electron chi connectivity index (χ1n) is 6.48. The molecule has 1 saturated heterocycles. The van der Waals surface area contributed by atoms with Crippen molar-refractivity contribution in [2.24, 2.45) is 11.8 Å². The lowest BCUT2D eigenvalue weighted by molar-refractivity contribution is -0.151. The van der Waals surface area contributed by atoms with E-state index in [1.54, 1.807) is 4.90 Å². The first kappa shape index (κ1) is 13.6. The molecule has 1 heterocycles. The van der Waals surface area contributed by atoms with Gasteiger partial charge in [-0.3, -0.25) is 9.59 Å². The lowest BCUT2D eigenvalue weighted by atomic mass is 9.93. The third-order valence-corrected chi connectivity index (χ3v) is 3.98. The maximum atomic E-state index is 12.4. The molecule has 0 unspecified atom stereocenters. The number of nitrogens with zero attached hydrogens (tertiary/aromatic N) is 1. The van der Waals surface area contributed by atoms with Crippen molar-refractivity contribution in [2.45, 2.75) is 26.4 Å². The standard InChI is InChI=1S/C15H19NO3/c1-10-11(2)16(9-12-7-5-4-6-8-12)14(17)13(10)15(18)19-3/h4-8,10-11,13H,9H2,1-3H3/t10-,11+,13+/m1/s1. The summed E-state index contributed by atoms with van der Waals surface area (Å²) in [6, 6.07) is 9.84. The van der Waals surface area contributed by atoms with Gasteiger partial charge in [0.25, 0.3) is 0 Å². The average molecular weight is 261 g/mol. The molecule has 1 amide bonds. The highest BCUT2D eigenvalue weighted by Gasteiger charge is 2.47. The van der Waals surface area contributed by atoms with Crippen LogP contribution in [0.5, 0.6) is 0 Å². The summed E-state index contributed by atoms with van der Waals surface area (Å²) in [6.07, 6.45) is 0. The molecule has 1 aliphatic heterocycles. The Hall–Kier alpha value is -1.84. The molecule has 3 atom stereocenters. The minimum Gasteiger partial charge on any atom is -0.468 e. The predicted molar refractivity (Wildman–Crippen MR) is 71.1 cm³/mol. The van der Waals surface area contributed by atoms with Crippen LogP contribution >= 0.6 is 0 Å². The molecule has 4 heteroatoms. The van der Waals surface area contributed by atoms with E-state index in [1.165, 1.54) is 7.11 Å². The van der Waals surface area contributed by atoms with Crippen molar-refractivity contribution < 1.29 is 14.3 Å². The molecule has 0 aromatic heterocycles. The van der Waals surface area contributed by atoms with E-state index >= 15 is 0 Å². The monoisotopic (exact) mass is 261 g/mol. The van der Waals surface area contributed by atoms with Crippen molar-refractivity contribution in [1.29, 1.82) is 0 Å². The maximum Gasteiger partial charge on any atom is 0.318 e. The Morgan fingerprint density at radius 3 is 2.47 bits per heavy atom. The first-order chi connectivity index (χ1) is 9.06. The molecule has 0 saturated carbocycles. The molecule has 4 nitrogen and oxygen atoms in total. The smallest absolute Gasteiger partial charge is 0.318 e. The highest BCUT2D eigenvalue weighted by molar-refractivity contribution is 6.00. The van der Waals surface area contributed by atoms with Crippen molar-refractivity contribution in [3.8, 4) is 0 Å². The number of likely N-dealkylation sites (tertiary alicyclic amines) is 1. The summed E-state index contributed by atoms with van der Waals surface area (Å²) in [4.78, 5) is 25.8. The molecule has 19 heavy (non-hydrogen) atoms. The van der Waals surface area contributed by atoms with Gasteiger partial charge in [0.2, 0.25) is 5.91 Å². The minimum absolute atomic E-state index is 0.0244. The van der Waals surface area contributed by atoms with E-state index in [9.17, 15) is 9.59 Å². The molecule has 1 aromatic carbocycles. The minimum atomic E-state index is -0.663. The number of hydrogen-bond acceptors (Lipinski definition) is 3. The van der Waals surface area contributed by atoms with Gasteiger partial charge in [-0.05, 0) is 18.4 Å². The fourth-order valence-electron chi connectivity index (χ4n) is 2.61. The van der Waals surface area contributed by atoms with Crippen LogP contribution in [0.4, 0.5) is 0 Å². The number of hydrogen-bond donors (Lipinski definition) is 0. The number of rotatable bonds is 3. The Balaban J connectivity index is 2.18. The molecule has 1 fully saturated rings. The van der Waals surface area contributed by atoms with Gasteiger partial charge in [-0.1, -0.05) is 37.3 Å². The fourth-order valence-corrected chi connectivity index (χ4v) is 2.61.